The second kappa shape index (κ2) is 6.27. The molecule has 0 aromatic heterocycles. The molecular formula is C16H16BrIO. The standard InChI is InChI=1S/C16H16BrIO/c1-10-8-13(9-11(2)16(10)19-3)15(17)12-4-6-14(18)7-5-12/h4-9,15H,1-3H3. The van der Waals surface area contributed by atoms with E-state index in [1.54, 1.807) is 7.11 Å². The smallest absolute Gasteiger partial charge is 0.124 e. The second-order valence-electron chi connectivity index (χ2n) is 4.60. The van der Waals surface area contributed by atoms with Crippen molar-refractivity contribution in [2.45, 2.75) is 18.7 Å². The first-order valence-corrected chi connectivity index (χ1v) is 8.07. The van der Waals surface area contributed by atoms with E-state index >= 15 is 0 Å². The maximum absolute atomic E-state index is 5.42. The van der Waals surface area contributed by atoms with Gasteiger partial charge in [-0.3, -0.25) is 0 Å². The Balaban J connectivity index is 2.39. The Bertz CT molecular complexity index is 555. The number of hydrogen-bond donors (Lipinski definition) is 0. The first-order chi connectivity index (χ1) is 9.02. The van der Waals surface area contributed by atoms with Gasteiger partial charge in [-0.1, -0.05) is 40.2 Å². The Kier molecular flexibility index (Phi) is 4.90. The van der Waals surface area contributed by atoms with Crippen molar-refractivity contribution in [1.82, 2.24) is 0 Å². The Morgan fingerprint density at radius 3 is 2.00 bits per heavy atom. The van der Waals surface area contributed by atoms with Crippen LogP contribution in [0.1, 0.15) is 27.1 Å². The summed E-state index contributed by atoms with van der Waals surface area (Å²) in [5.41, 5.74) is 4.88. The van der Waals surface area contributed by atoms with E-state index in [1.165, 1.54) is 25.8 Å². The van der Waals surface area contributed by atoms with E-state index in [0.29, 0.717) is 0 Å². The predicted molar refractivity (Wildman–Crippen MR) is 92.4 cm³/mol. The molecule has 0 fully saturated rings. The maximum Gasteiger partial charge on any atom is 0.124 e. The minimum atomic E-state index is 0.216. The third-order valence-electron chi connectivity index (χ3n) is 3.14. The lowest BCUT2D eigenvalue weighted by atomic mass is 10.00. The summed E-state index contributed by atoms with van der Waals surface area (Å²) >= 11 is 6.11. The highest BCUT2D eigenvalue weighted by Crippen LogP contribution is 2.35. The van der Waals surface area contributed by atoms with Crippen molar-refractivity contribution in [1.29, 1.82) is 0 Å². The molecule has 0 aliphatic carbocycles. The van der Waals surface area contributed by atoms with Crippen molar-refractivity contribution in [3.05, 3.63) is 62.2 Å². The Hall–Kier alpha value is -0.550. The molecule has 2 rings (SSSR count). The van der Waals surface area contributed by atoms with Crippen LogP contribution >= 0.6 is 38.5 Å². The number of methoxy groups -OCH3 is 1. The van der Waals surface area contributed by atoms with Crippen LogP contribution in [0.3, 0.4) is 0 Å². The van der Waals surface area contributed by atoms with Gasteiger partial charge in [0.1, 0.15) is 5.75 Å². The minimum Gasteiger partial charge on any atom is -0.496 e. The van der Waals surface area contributed by atoms with Crippen LogP contribution in [-0.4, -0.2) is 7.11 Å². The molecule has 0 spiro atoms. The molecule has 1 nitrogen and oxygen atoms in total. The summed E-state index contributed by atoms with van der Waals surface area (Å²) in [6.45, 7) is 4.17. The maximum atomic E-state index is 5.42. The molecule has 2 aromatic rings. The molecule has 0 aliphatic rings. The first kappa shape index (κ1) is 14.9. The Morgan fingerprint density at radius 2 is 1.53 bits per heavy atom. The minimum absolute atomic E-state index is 0.216. The summed E-state index contributed by atoms with van der Waals surface area (Å²) in [4.78, 5) is 0.216. The lowest BCUT2D eigenvalue weighted by molar-refractivity contribution is 0.408. The molecule has 1 atom stereocenters. The monoisotopic (exact) mass is 430 g/mol. The number of alkyl halides is 1. The zero-order valence-electron chi connectivity index (χ0n) is 11.2. The molecular weight excluding hydrogens is 415 g/mol. The van der Waals surface area contributed by atoms with E-state index in [4.69, 9.17) is 4.74 Å². The number of benzene rings is 2. The Morgan fingerprint density at radius 1 is 1.00 bits per heavy atom. The van der Waals surface area contributed by atoms with Gasteiger partial charge in [0, 0.05) is 3.57 Å². The molecule has 0 N–H and O–H groups in total. The summed E-state index contributed by atoms with van der Waals surface area (Å²) < 4.78 is 6.67. The van der Waals surface area contributed by atoms with Gasteiger partial charge in [0.05, 0.1) is 11.9 Å². The molecule has 0 heterocycles. The molecule has 0 saturated heterocycles. The molecule has 0 saturated carbocycles. The van der Waals surface area contributed by atoms with Crippen LogP contribution in [0.25, 0.3) is 0 Å². The molecule has 2 aromatic carbocycles. The number of rotatable bonds is 3. The van der Waals surface area contributed by atoms with Crippen molar-refractivity contribution >= 4 is 38.5 Å². The summed E-state index contributed by atoms with van der Waals surface area (Å²) in [5, 5.41) is 0. The average molecular weight is 431 g/mol. The van der Waals surface area contributed by atoms with Crippen LogP contribution < -0.4 is 4.74 Å². The Labute approximate surface area is 136 Å². The zero-order valence-corrected chi connectivity index (χ0v) is 14.9. The molecule has 3 heteroatoms. The second-order valence-corrected chi connectivity index (χ2v) is 6.76. The van der Waals surface area contributed by atoms with Crippen LogP contribution in [0, 0.1) is 17.4 Å². The third kappa shape index (κ3) is 3.31. The highest BCUT2D eigenvalue weighted by Gasteiger charge is 2.13. The van der Waals surface area contributed by atoms with Crippen LogP contribution in [-0.2, 0) is 0 Å². The van der Waals surface area contributed by atoms with Gasteiger partial charge in [-0.15, -0.1) is 0 Å². The van der Waals surface area contributed by atoms with Gasteiger partial charge in [-0.25, -0.2) is 0 Å². The van der Waals surface area contributed by atoms with Gasteiger partial charge in [-0.2, -0.15) is 0 Å². The fourth-order valence-corrected chi connectivity index (χ4v) is 3.21. The van der Waals surface area contributed by atoms with Gasteiger partial charge in [0.2, 0.25) is 0 Å². The molecule has 1 unspecified atom stereocenters. The SMILES string of the molecule is COc1c(C)cc(C(Br)c2ccc(I)cc2)cc1C. The normalized spacial score (nSPS) is 12.3. The lowest BCUT2D eigenvalue weighted by Gasteiger charge is -2.15. The van der Waals surface area contributed by atoms with Crippen molar-refractivity contribution in [3.63, 3.8) is 0 Å². The van der Waals surface area contributed by atoms with Crippen molar-refractivity contribution < 1.29 is 4.74 Å². The van der Waals surface area contributed by atoms with Crippen molar-refractivity contribution in [2.75, 3.05) is 7.11 Å². The quantitative estimate of drug-likeness (QED) is 0.467. The molecule has 19 heavy (non-hydrogen) atoms. The molecule has 0 amide bonds. The van der Waals surface area contributed by atoms with E-state index < -0.39 is 0 Å². The molecule has 100 valence electrons. The van der Waals surface area contributed by atoms with Gasteiger partial charge in [0.25, 0.3) is 0 Å². The van der Waals surface area contributed by atoms with Gasteiger partial charge >= 0.3 is 0 Å². The van der Waals surface area contributed by atoms with E-state index in [-0.39, 0.29) is 4.83 Å². The van der Waals surface area contributed by atoms with Crippen LogP contribution in [0.15, 0.2) is 36.4 Å². The number of ether oxygens (including phenoxy) is 1. The summed E-state index contributed by atoms with van der Waals surface area (Å²) in [5.74, 6) is 0.978. The van der Waals surface area contributed by atoms with Crippen LogP contribution in [0.5, 0.6) is 5.75 Å². The third-order valence-corrected chi connectivity index (χ3v) is 4.92. The van der Waals surface area contributed by atoms with E-state index in [0.717, 1.165) is 5.75 Å². The van der Waals surface area contributed by atoms with Crippen molar-refractivity contribution in [3.8, 4) is 5.75 Å². The van der Waals surface area contributed by atoms with E-state index in [9.17, 15) is 0 Å². The fourth-order valence-electron chi connectivity index (χ4n) is 2.28. The summed E-state index contributed by atoms with van der Waals surface area (Å²) in [6, 6.07) is 13.0. The van der Waals surface area contributed by atoms with Gasteiger partial charge < -0.3 is 4.74 Å². The van der Waals surface area contributed by atoms with Crippen LogP contribution in [0.4, 0.5) is 0 Å². The molecule has 0 bridgehead atoms. The number of aryl methyl sites for hydroxylation is 2. The van der Waals surface area contributed by atoms with Crippen molar-refractivity contribution in [2.24, 2.45) is 0 Å². The largest absolute Gasteiger partial charge is 0.496 e. The average Bonchev–Trinajstić information content (AvgIpc) is 2.38. The highest BCUT2D eigenvalue weighted by atomic mass is 127. The van der Waals surface area contributed by atoms with Gasteiger partial charge in [0.15, 0.2) is 0 Å². The number of hydrogen-bond acceptors (Lipinski definition) is 1. The summed E-state index contributed by atoms with van der Waals surface area (Å²) in [6.07, 6.45) is 0. The molecule has 0 aliphatic heterocycles. The van der Waals surface area contributed by atoms with E-state index in [2.05, 4.69) is 88.8 Å². The summed E-state index contributed by atoms with van der Waals surface area (Å²) in [7, 11) is 1.72. The molecule has 0 radical (unpaired) electrons. The topological polar surface area (TPSA) is 9.23 Å². The first-order valence-electron chi connectivity index (χ1n) is 6.07. The van der Waals surface area contributed by atoms with Gasteiger partial charge in [-0.05, 0) is 70.8 Å². The predicted octanol–water partition coefficient (Wildman–Crippen LogP) is 5.40. The number of halogens is 2. The van der Waals surface area contributed by atoms with Crippen LogP contribution in [0.2, 0.25) is 0 Å². The zero-order chi connectivity index (χ0) is 14.0. The highest BCUT2D eigenvalue weighted by molar-refractivity contribution is 14.1. The van der Waals surface area contributed by atoms with E-state index in [1.807, 2.05) is 0 Å². The lowest BCUT2D eigenvalue weighted by Crippen LogP contribution is -1.97. The fraction of sp³-hybridized carbons (Fsp3) is 0.250.